The zero-order valence-corrected chi connectivity index (χ0v) is 14.0. The average molecular weight is 311 g/mol. The third kappa shape index (κ3) is 2.93. The van der Waals surface area contributed by atoms with Gasteiger partial charge in [-0.05, 0) is 38.3 Å². The molecule has 122 valence electrons. The van der Waals surface area contributed by atoms with Crippen LogP contribution < -0.4 is 0 Å². The monoisotopic (exact) mass is 311 g/mol. The van der Waals surface area contributed by atoms with Gasteiger partial charge in [0.2, 0.25) is 0 Å². The summed E-state index contributed by atoms with van der Waals surface area (Å²) in [4.78, 5) is 5.26. The third-order valence-corrected chi connectivity index (χ3v) is 5.53. The zero-order valence-electron chi connectivity index (χ0n) is 14.0. The lowest BCUT2D eigenvalue weighted by Crippen LogP contribution is -2.34. The molecular weight excluding hydrogens is 286 g/mol. The fourth-order valence-electron chi connectivity index (χ4n) is 4.23. The normalized spacial score (nSPS) is 25.1. The first-order chi connectivity index (χ1) is 11.2. The number of hydrogen-bond donors (Lipinski definition) is 0. The van der Waals surface area contributed by atoms with E-state index in [0.29, 0.717) is 6.04 Å². The van der Waals surface area contributed by atoms with Crippen molar-refractivity contribution in [1.82, 2.24) is 15.0 Å². The molecule has 4 rings (SSSR count). The summed E-state index contributed by atoms with van der Waals surface area (Å²) < 4.78 is 5.31. The SMILES string of the molecule is Cc1noc(C)c1CN1CC2CCN(Cc3ccccc3)C2C1. The Hall–Kier alpha value is -1.65. The van der Waals surface area contributed by atoms with E-state index in [2.05, 4.69) is 45.3 Å². The highest BCUT2D eigenvalue weighted by Gasteiger charge is 2.41. The Bertz CT molecular complexity index is 647. The fraction of sp³-hybridized carbons (Fsp3) is 0.526. The van der Waals surface area contributed by atoms with Crippen molar-refractivity contribution in [3.05, 3.63) is 52.9 Å². The van der Waals surface area contributed by atoms with E-state index >= 15 is 0 Å². The third-order valence-electron chi connectivity index (χ3n) is 5.53. The number of likely N-dealkylation sites (tertiary alicyclic amines) is 2. The van der Waals surface area contributed by atoms with Crippen LogP contribution in [-0.2, 0) is 13.1 Å². The van der Waals surface area contributed by atoms with E-state index < -0.39 is 0 Å². The van der Waals surface area contributed by atoms with Gasteiger partial charge in [0.15, 0.2) is 0 Å². The van der Waals surface area contributed by atoms with Crippen molar-refractivity contribution in [3.8, 4) is 0 Å². The van der Waals surface area contributed by atoms with Crippen molar-refractivity contribution >= 4 is 0 Å². The molecule has 23 heavy (non-hydrogen) atoms. The molecular formula is C19H25N3O. The first-order valence-corrected chi connectivity index (χ1v) is 8.63. The van der Waals surface area contributed by atoms with E-state index in [1.54, 1.807) is 0 Å². The average Bonchev–Trinajstić information content (AvgIpc) is 3.21. The molecule has 0 N–H and O–H groups in total. The maximum absolute atomic E-state index is 5.31. The first-order valence-electron chi connectivity index (χ1n) is 8.63. The van der Waals surface area contributed by atoms with Gasteiger partial charge < -0.3 is 4.52 Å². The molecule has 2 aliphatic rings. The lowest BCUT2D eigenvalue weighted by atomic mass is 10.0. The fourth-order valence-corrected chi connectivity index (χ4v) is 4.23. The van der Waals surface area contributed by atoms with Crippen LogP contribution in [0.2, 0.25) is 0 Å². The molecule has 2 atom stereocenters. The molecule has 0 spiro atoms. The summed E-state index contributed by atoms with van der Waals surface area (Å²) in [5, 5.41) is 4.09. The van der Waals surface area contributed by atoms with Crippen molar-refractivity contribution in [2.75, 3.05) is 19.6 Å². The molecule has 4 nitrogen and oxygen atoms in total. The minimum absolute atomic E-state index is 0.704. The second kappa shape index (κ2) is 6.10. The summed E-state index contributed by atoms with van der Waals surface area (Å²) in [6, 6.07) is 11.6. The summed E-state index contributed by atoms with van der Waals surface area (Å²) in [6.07, 6.45) is 1.33. The number of aromatic nitrogens is 1. The number of aryl methyl sites for hydroxylation is 2. The number of nitrogens with zero attached hydrogens (tertiary/aromatic N) is 3. The molecule has 3 heterocycles. The molecule has 0 aliphatic carbocycles. The molecule has 0 bridgehead atoms. The highest BCUT2D eigenvalue weighted by Crippen LogP contribution is 2.33. The molecule has 0 radical (unpaired) electrons. The maximum atomic E-state index is 5.31. The maximum Gasteiger partial charge on any atom is 0.138 e. The van der Waals surface area contributed by atoms with E-state index in [1.807, 2.05) is 13.8 Å². The highest BCUT2D eigenvalue weighted by molar-refractivity contribution is 5.21. The Morgan fingerprint density at radius 3 is 2.70 bits per heavy atom. The molecule has 2 unspecified atom stereocenters. The second-order valence-electron chi connectivity index (χ2n) is 7.07. The Balaban J connectivity index is 1.41. The number of benzene rings is 1. The van der Waals surface area contributed by atoms with Crippen molar-refractivity contribution < 1.29 is 4.52 Å². The highest BCUT2D eigenvalue weighted by atomic mass is 16.5. The molecule has 0 amide bonds. The molecule has 2 aromatic rings. The van der Waals surface area contributed by atoms with Crippen LogP contribution in [0.25, 0.3) is 0 Å². The lowest BCUT2D eigenvalue weighted by molar-refractivity contribution is 0.214. The molecule has 2 saturated heterocycles. The number of fused-ring (bicyclic) bond motifs is 1. The van der Waals surface area contributed by atoms with Crippen LogP contribution in [0.5, 0.6) is 0 Å². The molecule has 2 fully saturated rings. The van der Waals surface area contributed by atoms with Gasteiger partial charge >= 0.3 is 0 Å². The number of rotatable bonds is 4. The molecule has 2 aliphatic heterocycles. The van der Waals surface area contributed by atoms with Crippen LogP contribution in [0.15, 0.2) is 34.9 Å². The Morgan fingerprint density at radius 2 is 1.96 bits per heavy atom. The van der Waals surface area contributed by atoms with Crippen molar-refractivity contribution in [1.29, 1.82) is 0 Å². The largest absolute Gasteiger partial charge is 0.361 e. The van der Waals surface area contributed by atoms with Gasteiger partial charge in [0.25, 0.3) is 0 Å². The molecule has 1 aromatic heterocycles. The van der Waals surface area contributed by atoms with Crippen LogP contribution in [0.4, 0.5) is 0 Å². The van der Waals surface area contributed by atoms with Gasteiger partial charge in [-0.25, -0.2) is 0 Å². The predicted molar refractivity (Wildman–Crippen MR) is 90.0 cm³/mol. The van der Waals surface area contributed by atoms with Crippen LogP contribution in [-0.4, -0.2) is 40.6 Å². The van der Waals surface area contributed by atoms with Crippen molar-refractivity contribution in [2.45, 2.75) is 39.4 Å². The lowest BCUT2D eigenvalue weighted by Gasteiger charge is -2.24. The summed E-state index contributed by atoms with van der Waals surface area (Å²) in [7, 11) is 0. The smallest absolute Gasteiger partial charge is 0.138 e. The minimum Gasteiger partial charge on any atom is -0.361 e. The van der Waals surface area contributed by atoms with Crippen LogP contribution in [0.1, 0.15) is 29.0 Å². The molecule has 4 heteroatoms. The standard InChI is InChI=1S/C19H25N3O/c1-14-18(15(2)23-20-14)12-21-11-17-8-9-22(19(17)13-21)10-16-6-4-3-5-7-16/h3-7,17,19H,8-13H2,1-2H3. The van der Waals surface area contributed by atoms with Crippen molar-refractivity contribution in [2.24, 2.45) is 5.92 Å². The van der Waals surface area contributed by atoms with Gasteiger partial charge in [-0.3, -0.25) is 9.80 Å². The van der Waals surface area contributed by atoms with Gasteiger partial charge in [0.1, 0.15) is 5.76 Å². The van der Waals surface area contributed by atoms with Gasteiger partial charge in [-0.2, -0.15) is 0 Å². The first kappa shape index (κ1) is 14.9. The second-order valence-corrected chi connectivity index (χ2v) is 7.07. The Kier molecular flexibility index (Phi) is 3.95. The van der Waals surface area contributed by atoms with E-state index in [4.69, 9.17) is 4.52 Å². The van der Waals surface area contributed by atoms with Gasteiger partial charge in [-0.1, -0.05) is 35.5 Å². The Morgan fingerprint density at radius 1 is 1.13 bits per heavy atom. The van der Waals surface area contributed by atoms with E-state index in [9.17, 15) is 0 Å². The molecule has 1 aromatic carbocycles. The van der Waals surface area contributed by atoms with Crippen LogP contribution in [0, 0.1) is 19.8 Å². The predicted octanol–water partition coefficient (Wildman–Crippen LogP) is 3.00. The zero-order chi connectivity index (χ0) is 15.8. The van der Waals surface area contributed by atoms with Gasteiger partial charge in [0.05, 0.1) is 5.69 Å². The quantitative estimate of drug-likeness (QED) is 0.869. The van der Waals surface area contributed by atoms with Crippen molar-refractivity contribution in [3.63, 3.8) is 0 Å². The topological polar surface area (TPSA) is 32.5 Å². The summed E-state index contributed by atoms with van der Waals surface area (Å²) in [5.41, 5.74) is 3.75. The minimum atomic E-state index is 0.704. The van der Waals surface area contributed by atoms with Crippen LogP contribution >= 0.6 is 0 Å². The summed E-state index contributed by atoms with van der Waals surface area (Å²) >= 11 is 0. The van der Waals surface area contributed by atoms with Gasteiger partial charge in [-0.15, -0.1) is 0 Å². The number of hydrogen-bond acceptors (Lipinski definition) is 4. The Labute approximate surface area is 138 Å². The van der Waals surface area contributed by atoms with E-state index in [-0.39, 0.29) is 0 Å². The van der Waals surface area contributed by atoms with Crippen LogP contribution in [0.3, 0.4) is 0 Å². The molecule has 0 saturated carbocycles. The van der Waals surface area contributed by atoms with Gasteiger partial charge in [0, 0.05) is 37.8 Å². The van der Waals surface area contributed by atoms with E-state index in [1.165, 1.54) is 37.2 Å². The van der Waals surface area contributed by atoms with E-state index in [0.717, 1.165) is 30.5 Å². The summed E-state index contributed by atoms with van der Waals surface area (Å²) in [6.45, 7) is 9.75. The summed E-state index contributed by atoms with van der Waals surface area (Å²) in [5.74, 6) is 1.79.